The van der Waals surface area contributed by atoms with Crippen LogP contribution in [0.4, 0.5) is 10.5 Å². The fourth-order valence-electron chi connectivity index (χ4n) is 2.41. The highest BCUT2D eigenvalue weighted by Crippen LogP contribution is 2.38. The summed E-state index contributed by atoms with van der Waals surface area (Å²) in [6, 6.07) is 8.30. The summed E-state index contributed by atoms with van der Waals surface area (Å²) in [5.74, 6) is 0.485. The number of para-hydroxylation sites is 1. The van der Waals surface area contributed by atoms with E-state index in [0.717, 1.165) is 5.69 Å². The van der Waals surface area contributed by atoms with Crippen LogP contribution in [0.3, 0.4) is 0 Å². The zero-order chi connectivity index (χ0) is 11.8. The third-order valence-corrected chi connectivity index (χ3v) is 3.12. The number of ether oxygens (including phenoxy) is 1. The van der Waals surface area contributed by atoms with Crippen LogP contribution in [0.15, 0.2) is 36.2 Å². The van der Waals surface area contributed by atoms with E-state index in [2.05, 4.69) is 15.4 Å². The molecule has 0 aromatic heterocycles. The van der Waals surface area contributed by atoms with Crippen LogP contribution in [0, 0.1) is 0 Å². The molecule has 0 amide bonds. The van der Waals surface area contributed by atoms with E-state index in [0.29, 0.717) is 12.4 Å². The molecule has 0 spiro atoms. The molecule has 2 aliphatic heterocycles. The zero-order valence-electron chi connectivity index (χ0n) is 9.01. The first kappa shape index (κ1) is 10.0. The molecule has 88 valence electrons. The van der Waals surface area contributed by atoms with Gasteiger partial charge in [0.25, 0.3) is 0 Å². The van der Waals surface area contributed by atoms with Crippen LogP contribution in [0.2, 0.25) is 0 Å². The molecule has 5 nitrogen and oxygen atoms in total. The van der Waals surface area contributed by atoms with Crippen LogP contribution in [0.5, 0.6) is 0 Å². The Morgan fingerprint density at radius 3 is 3.06 bits per heavy atom. The molecule has 0 saturated heterocycles. The molecule has 2 aliphatic rings. The summed E-state index contributed by atoms with van der Waals surface area (Å²) in [6.07, 6.45) is 0.530. The molecule has 0 aliphatic carbocycles. The van der Waals surface area contributed by atoms with Crippen molar-refractivity contribution in [2.75, 3.05) is 11.9 Å². The molecular weight excluding hydrogens is 220 g/mol. The number of rotatable bonds is 1. The van der Waals surface area contributed by atoms with E-state index in [9.17, 15) is 4.79 Å². The molecule has 1 aromatic rings. The lowest BCUT2D eigenvalue weighted by atomic mass is 9.93. The first-order valence-corrected chi connectivity index (χ1v) is 5.46. The molecule has 2 unspecified atom stereocenters. The van der Waals surface area contributed by atoms with Gasteiger partial charge in [0.05, 0.1) is 6.04 Å². The summed E-state index contributed by atoms with van der Waals surface area (Å²) in [5, 5.41) is 14.9. The molecule has 0 fully saturated rings. The predicted molar refractivity (Wildman–Crippen MR) is 61.8 cm³/mol. The van der Waals surface area contributed by atoms with Gasteiger partial charge in [0.1, 0.15) is 0 Å². The van der Waals surface area contributed by atoms with Crippen molar-refractivity contribution in [3.05, 3.63) is 41.8 Å². The Balaban J connectivity index is 1.91. The summed E-state index contributed by atoms with van der Waals surface area (Å²) in [5.41, 5.74) is 2.29. The molecule has 2 heterocycles. The maximum absolute atomic E-state index is 10.5. The van der Waals surface area contributed by atoms with Crippen LogP contribution < -0.4 is 10.6 Å². The minimum Gasteiger partial charge on any atom is -0.449 e. The van der Waals surface area contributed by atoms with Crippen LogP contribution in [0.1, 0.15) is 11.5 Å². The van der Waals surface area contributed by atoms with E-state index < -0.39 is 6.16 Å². The Kier molecular flexibility index (Phi) is 2.18. The number of carbonyl (C=O) groups is 1. The average Bonchev–Trinajstić information content (AvgIpc) is 2.66. The van der Waals surface area contributed by atoms with Crippen molar-refractivity contribution in [2.45, 2.75) is 12.0 Å². The van der Waals surface area contributed by atoms with Crippen LogP contribution in [-0.4, -0.2) is 23.8 Å². The number of fused-ring (bicyclic) bond motifs is 3. The van der Waals surface area contributed by atoms with Gasteiger partial charge in [-0.1, -0.05) is 18.2 Å². The highest BCUT2D eigenvalue weighted by Gasteiger charge is 2.34. The number of nitrogens with one attached hydrogen (secondary N) is 2. The molecule has 2 atom stereocenters. The number of benzene rings is 1. The third kappa shape index (κ3) is 1.69. The van der Waals surface area contributed by atoms with Crippen molar-refractivity contribution in [2.24, 2.45) is 0 Å². The largest absolute Gasteiger partial charge is 0.512 e. The van der Waals surface area contributed by atoms with E-state index in [4.69, 9.17) is 5.11 Å². The second-order valence-electron chi connectivity index (χ2n) is 4.14. The lowest BCUT2D eigenvalue weighted by Crippen LogP contribution is -2.38. The number of hydrogen-bond acceptors (Lipinski definition) is 4. The lowest BCUT2D eigenvalue weighted by Gasteiger charge is -2.25. The minimum absolute atomic E-state index is 0.168. The molecule has 1 aromatic carbocycles. The summed E-state index contributed by atoms with van der Waals surface area (Å²) < 4.78 is 4.65. The van der Waals surface area contributed by atoms with E-state index in [1.165, 1.54) is 5.56 Å². The quantitative estimate of drug-likeness (QED) is 0.643. The number of anilines is 1. The number of hydrogen-bond donors (Lipinski definition) is 3. The maximum Gasteiger partial charge on any atom is 0.512 e. The van der Waals surface area contributed by atoms with Crippen molar-refractivity contribution in [3.8, 4) is 0 Å². The van der Waals surface area contributed by atoms with Gasteiger partial charge in [-0.2, -0.15) is 0 Å². The molecular formula is C12H12N2O3. The summed E-state index contributed by atoms with van der Waals surface area (Å²) in [7, 11) is 0. The summed E-state index contributed by atoms with van der Waals surface area (Å²) in [6.45, 7) is 0.651. The normalized spacial score (nSPS) is 24.8. The van der Waals surface area contributed by atoms with Crippen molar-refractivity contribution >= 4 is 11.8 Å². The fraction of sp³-hybridized carbons (Fsp3) is 0.250. The van der Waals surface area contributed by atoms with Gasteiger partial charge in [-0.05, 0) is 17.7 Å². The standard InChI is InChI=1S/C12H12N2O3/c15-12(16)17-11-5-8-7-3-1-2-4-9(7)14-10(8)6-13-11/h1-5,8,10,13-14H,6H2,(H,15,16). The van der Waals surface area contributed by atoms with Gasteiger partial charge in [-0.25, -0.2) is 4.79 Å². The summed E-state index contributed by atoms with van der Waals surface area (Å²) in [4.78, 5) is 10.5. The molecule has 0 saturated carbocycles. The van der Waals surface area contributed by atoms with Crippen LogP contribution >= 0.6 is 0 Å². The minimum atomic E-state index is -1.29. The van der Waals surface area contributed by atoms with Gasteiger partial charge in [0.15, 0.2) is 5.88 Å². The van der Waals surface area contributed by atoms with Gasteiger partial charge in [0.2, 0.25) is 0 Å². The van der Waals surface area contributed by atoms with Crippen molar-refractivity contribution in [1.82, 2.24) is 5.32 Å². The van der Waals surface area contributed by atoms with E-state index in [1.807, 2.05) is 30.3 Å². The Labute approximate surface area is 98.1 Å². The highest BCUT2D eigenvalue weighted by atomic mass is 16.7. The Bertz CT molecular complexity index is 498. The maximum atomic E-state index is 10.5. The van der Waals surface area contributed by atoms with Gasteiger partial charge in [0, 0.05) is 18.2 Å². The first-order chi connectivity index (χ1) is 8.24. The van der Waals surface area contributed by atoms with Crippen molar-refractivity contribution in [3.63, 3.8) is 0 Å². The van der Waals surface area contributed by atoms with E-state index >= 15 is 0 Å². The first-order valence-electron chi connectivity index (χ1n) is 5.46. The highest BCUT2D eigenvalue weighted by molar-refractivity contribution is 5.62. The van der Waals surface area contributed by atoms with Crippen LogP contribution in [-0.2, 0) is 4.74 Å². The number of carboxylic acid groups (broad SMARTS) is 1. The summed E-state index contributed by atoms with van der Waals surface area (Å²) >= 11 is 0. The second-order valence-corrected chi connectivity index (χ2v) is 4.14. The van der Waals surface area contributed by atoms with Gasteiger partial charge in [-0.3, -0.25) is 0 Å². The monoisotopic (exact) mass is 232 g/mol. The zero-order valence-corrected chi connectivity index (χ0v) is 9.01. The van der Waals surface area contributed by atoms with Crippen LogP contribution in [0.25, 0.3) is 0 Å². The van der Waals surface area contributed by atoms with Crippen molar-refractivity contribution in [1.29, 1.82) is 0 Å². The Morgan fingerprint density at radius 2 is 2.24 bits per heavy atom. The van der Waals surface area contributed by atoms with Gasteiger partial charge in [-0.15, -0.1) is 0 Å². The molecule has 0 bridgehead atoms. The topological polar surface area (TPSA) is 70.6 Å². The van der Waals surface area contributed by atoms with E-state index in [1.54, 1.807) is 0 Å². The molecule has 3 rings (SSSR count). The fourth-order valence-corrected chi connectivity index (χ4v) is 2.41. The molecule has 17 heavy (non-hydrogen) atoms. The van der Waals surface area contributed by atoms with Gasteiger partial charge < -0.3 is 20.5 Å². The van der Waals surface area contributed by atoms with Crippen molar-refractivity contribution < 1.29 is 14.6 Å². The SMILES string of the molecule is O=C(O)OC1=CC2c3ccccc3NC2CN1. The lowest BCUT2D eigenvalue weighted by molar-refractivity contribution is 0.111. The average molecular weight is 232 g/mol. The third-order valence-electron chi connectivity index (χ3n) is 3.12. The second kappa shape index (κ2) is 3.69. The molecule has 3 N–H and O–H groups in total. The molecule has 5 heteroatoms. The predicted octanol–water partition coefficient (Wildman–Crippen LogP) is 1.70. The smallest absolute Gasteiger partial charge is 0.449 e. The van der Waals surface area contributed by atoms with E-state index in [-0.39, 0.29) is 12.0 Å². The van der Waals surface area contributed by atoms with Gasteiger partial charge >= 0.3 is 6.16 Å². The molecule has 0 radical (unpaired) electrons. The Hall–Kier alpha value is -2.17. The Morgan fingerprint density at radius 1 is 1.41 bits per heavy atom.